The van der Waals surface area contributed by atoms with Crippen molar-refractivity contribution in [1.82, 2.24) is 19.9 Å². The summed E-state index contributed by atoms with van der Waals surface area (Å²) in [7, 11) is 1.58. The molecule has 9 heteroatoms. The van der Waals surface area contributed by atoms with Crippen molar-refractivity contribution in [2.75, 3.05) is 25.1 Å². The number of hydrogen-bond acceptors (Lipinski definition) is 8. The first-order valence-corrected chi connectivity index (χ1v) is 8.96. The van der Waals surface area contributed by atoms with Crippen LogP contribution >= 0.6 is 0 Å². The van der Waals surface area contributed by atoms with Gasteiger partial charge in [0.15, 0.2) is 5.82 Å². The third kappa shape index (κ3) is 3.31. The molecule has 1 fully saturated rings. The van der Waals surface area contributed by atoms with Crippen molar-refractivity contribution < 1.29 is 14.6 Å². The Morgan fingerprint density at radius 1 is 1.29 bits per heavy atom. The highest BCUT2D eigenvalue weighted by Crippen LogP contribution is 2.34. The van der Waals surface area contributed by atoms with E-state index >= 15 is 0 Å². The number of nitrogens with two attached hydrogens (primary N) is 1. The zero-order chi connectivity index (χ0) is 19.7. The number of aliphatic hydroxyl groups excluding tert-OH is 1. The third-order valence-corrected chi connectivity index (χ3v) is 4.81. The fraction of sp³-hybridized carbons (Fsp3) is 0.316. The van der Waals surface area contributed by atoms with Crippen LogP contribution in [0.1, 0.15) is 23.3 Å². The van der Waals surface area contributed by atoms with Crippen molar-refractivity contribution in [3.05, 3.63) is 36.4 Å². The quantitative estimate of drug-likeness (QED) is 0.690. The topological polar surface area (TPSA) is 127 Å². The number of aromatic nitrogens is 4. The molecule has 0 aliphatic carbocycles. The van der Waals surface area contributed by atoms with Gasteiger partial charge in [0.25, 0.3) is 5.91 Å². The van der Waals surface area contributed by atoms with Crippen LogP contribution in [0.25, 0.3) is 22.3 Å². The number of aliphatic hydroxyl groups is 1. The van der Waals surface area contributed by atoms with Crippen LogP contribution in [0.5, 0.6) is 5.75 Å². The second kappa shape index (κ2) is 7.35. The summed E-state index contributed by atoms with van der Waals surface area (Å²) in [6, 6.07) is 3.30. The molecule has 0 saturated carbocycles. The van der Waals surface area contributed by atoms with Gasteiger partial charge in [-0.25, -0.2) is 9.97 Å². The largest absolute Gasteiger partial charge is 0.494 e. The van der Waals surface area contributed by atoms with Gasteiger partial charge >= 0.3 is 0 Å². The Morgan fingerprint density at radius 2 is 2.07 bits per heavy atom. The number of pyridine rings is 2. The van der Waals surface area contributed by atoms with E-state index in [4.69, 9.17) is 15.5 Å². The van der Waals surface area contributed by atoms with Crippen molar-refractivity contribution in [3.63, 3.8) is 0 Å². The molecule has 0 unspecified atom stereocenters. The zero-order valence-electron chi connectivity index (χ0n) is 15.4. The van der Waals surface area contributed by atoms with E-state index in [0.717, 1.165) is 5.39 Å². The summed E-state index contributed by atoms with van der Waals surface area (Å²) in [5.41, 5.74) is 6.75. The van der Waals surface area contributed by atoms with Gasteiger partial charge in [-0.2, -0.15) is 0 Å². The highest BCUT2D eigenvalue weighted by Gasteiger charge is 2.23. The van der Waals surface area contributed by atoms with Gasteiger partial charge in [-0.05, 0) is 25.0 Å². The number of nitrogens with zero attached hydrogens (tertiary/aromatic N) is 5. The second-order valence-electron chi connectivity index (χ2n) is 6.62. The lowest BCUT2D eigenvalue weighted by Gasteiger charge is -2.31. The van der Waals surface area contributed by atoms with Gasteiger partial charge in [0, 0.05) is 24.8 Å². The van der Waals surface area contributed by atoms with Crippen LogP contribution in [-0.4, -0.2) is 57.3 Å². The fourth-order valence-corrected chi connectivity index (χ4v) is 3.33. The Hall–Kier alpha value is -3.33. The Bertz CT molecular complexity index is 1030. The van der Waals surface area contributed by atoms with Crippen molar-refractivity contribution in [1.29, 1.82) is 0 Å². The molecule has 0 bridgehead atoms. The number of hydrogen-bond donors (Lipinski definition) is 2. The van der Waals surface area contributed by atoms with E-state index in [2.05, 4.69) is 19.9 Å². The van der Waals surface area contributed by atoms with Gasteiger partial charge in [0.05, 0.1) is 36.5 Å². The molecule has 0 radical (unpaired) electrons. The first-order chi connectivity index (χ1) is 13.6. The maximum atomic E-state index is 11.5. The SMILES string of the molecule is COc1cncc2nc(-c3ccnc(C(N)=O)c3)nc(N3CCC(O)CC3)c12. The zero-order valence-corrected chi connectivity index (χ0v) is 15.4. The number of fused-ring (bicyclic) bond motifs is 1. The summed E-state index contributed by atoms with van der Waals surface area (Å²) in [4.78, 5) is 31.2. The standard InChI is InChI=1S/C19H20N6O3/c1-28-15-10-21-9-14-16(15)19(25-6-3-12(26)4-7-25)24-18(23-14)11-2-5-22-13(8-11)17(20)27/h2,5,8-10,12,26H,3-4,6-7H2,1H3,(H2,20,27). The number of ether oxygens (including phenoxy) is 1. The number of anilines is 1. The molecule has 1 saturated heterocycles. The van der Waals surface area contributed by atoms with Crippen molar-refractivity contribution in [3.8, 4) is 17.1 Å². The molecule has 3 aromatic rings. The van der Waals surface area contributed by atoms with Crippen LogP contribution in [0.15, 0.2) is 30.7 Å². The Labute approximate surface area is 161 Å². The lowest BCUT2D eigenvalue weighted by molar-refractivity contribution is 0.0995. The number of methoxy groups -OCH3 is 1. The summed E-state index contributed by atoms with van der Waals surface area (Å²) < 4.78 is 5.49. The average Bonchev–Trinajstić information content (AvgIpc) is 2.73. The summed E-state index contributed by atoms with van der Waals surface area (Å²) in [5, 5.41) is 10.6. The normalized spacial score (nSPS) is 15.0. The molecule has 1 aliphatic heterocycles. The lowest BCUT2D eigenvalue weighted by atomic mass is 10.1. The molecule has 0 atom stereocenters. The van der Waals surface area contributed by atoms with Crippen LogP contribution < -0.4 is 15.4 Å². The molecule has 4 rings (SSSR count). The van der Waals surface area contributed by atoms with Gasteiger partial charge < -0.3 is 20.5 Å². The van der Waals surface area contributed by atoms with E-state index in [1.165, 1.54) is 6.20 Å². The molecule has 9 nitrogen and oxygen atoms in total. The van der Waals surface area contributed by atoms with Gasteiger partial charge in [-0.15, -0.1) is 0 Å². The van der Waals surface area contributed by atoms with Crippen molar-refractivity contribution >= 4 is 22.6 Å². The minimum Gasteiger partial charge on any atom is -0.494 e. The smallest absolute Gasteiger partial charge is 0.267 e. The van der Waals surface area contributed by atoms with Crippen LogP contribution in [0.3, 0.4) is 0 Å². The van der Waals surface area contributed by atoms with Crippen LogP contribution in [0.4, 0.5) is 5.82 Å². The fourth-order valence-electron chi connectivity index (χ4n) is 3.33. The Kier molecular flexibility index (Phi) is 4.74. The van der Waals surface area contributed by atoms with Crippen LogP contribution in [0, 0.1) is 0 Å². The first kappa shape index (κ1) is 18.1. The molecule has 28 heavy (non-hydrogen) atoms. The predicted octanol–water partition coefficient (Wildman–Crippen LogP) is 1.16. The van der Waals surface area contributed by atoms with Gasteiger partial charge in [0.2, 0.25) is 0 Å². The van der Waals surface area contributed by atoms with E-state index in [1.54, 1.807) is 31.6 Å². The lowest BCUT2D eigenvalue weighted by Crippen LogP contribution is -2.36. The van der Waals surface area contributed by atoms with Crippen LogP contribution in [-0.2, 0) is 0 Å². The van der Waals surface area contributed by atoms with Crippen LogP contribution in [0.2, 0.25) is 0 Å². The summed E-state index contributed by atoms with van der Waals surface area (Å²) in [5.74, 6) is 1.12. The summed E-state index contributed by atoms with van der Waals surface area (Å²) >= 11 is 0. The maximum Gasteiger partial charge on any atom is 0.267 e. The first-order valence-electron chi connectivity index (χ1n) is 8.96. The van der Waals surface area contributed by atoms with E-state index in [1.807, 2.05) is 0 Å². The summed E-state index contributed by atoms with van der Waals surface area (Å²) in [6.45, 7) is 1.34. The van der Waals surface area contributed by atoms with E-state index < -0.39 is 5.91 Å². The number of amides is 1. The van der Waals surface area contributed by atoms with E-state index in [9.17, 15) is 9.90 Å². The minimum atomic E-state index is -0.615. The molecule has 4 heterocycles. The average molecular weight is 380 g/mol. The Balaban J connectivity index is 1.90. The second-order valence-corrected chi connectivity index (χ2v) is 6.62. The number of primary amides is 1. The highest BCUT2D eigenvalue weighted by atomic mass is 16.5. The highest BCUT2D eigenvalue weighted by molar-refractivity contribution is 5.96. The minimum absolute atomic E-state index is 0.146. The molecular weight excluding hydrogens is 360 g/mol. The molecule has 144 valence electrons. The number of piperidine rings is 1. The van der Waals surface area contributed by atoms with E-state index in [0.29, 0.717) is 54.4 Å². The molecule has 1 aliphatic rings. The van der Waals surface area contributed by atoms with Gasteiger partial charge in [-0.1, -0.05) is 0 Å². The Morgan fingerprint density at radius 3 is 2.79 bits per heavy atom. The molecular formula is C19H20N6O3. The maximum absolute atomic E-state index is 11.5. The van der Waals surface area contributed by atoms with Crippen molar-refractivity contribution in [2.24, 2.45) is 5.73 Å². The summed E-state index contributed by atoms with van der Waals surface area (Å²) in [6.07, 6.45) is 5.81. The van der Waals surface area contributed by atoms with Gasteiger partial charge in [0.1, 0.15) is 17.3 Å². The number of rotatable bonds is 4. The predicted molar refractivity (Wildman–Crippen MR) is 103 cm³/mol. The van der Waals surface area contributed by atoms with Crippen molar-refractivity contribution in [2.45, 2.75) is 18.9 Å². The molecule has 3 N–H and O–H groups in total. The third-order valence-electron chi connectivity index (χ3n) is 4.81. The molecule has 3 aromatic heterocycles. The number of carbonyl (C=O) groups excluding carboxylic acids is 1. The molecule has 0 aromatic carbocycles. The molecule has 0 spiro atoms. The molecule has 1 amide bonds. The number of carbonyl (C=O) groups is 1. The van der Waals surface area contributed by atoms with Gasteiger partial charge in [-0.3, -0.25) is 14.8 Å². The monoisotopic (exact) mass is 380 g/mol. The van der Waals surface area contributed by atoms with E-state index in [-0.39, 0.29) is 11.8 Å².